The third-order valence-electron chi connectivity index (χ3n) is 3.06. The molecule has 0 spiro atoms. The van der Waals surface area contributed by atoms with Gasteiger partial charge in [-0.2, -0.15) is 0 Å². The fraction of sp³-hybridized carbons (Fsp3) is 0.357. The van der Waals surface area contributed by atoms with Crippen LogP contribution in [0.25, 0.3) is 0 Å². The van der Waals surface area contributed by atoms with E-state index in [1.165, 1.54) is 12.1 Å². The lowest BCUT2D eigenvalue weighted by Gasteiger charge is -2.13. The summed E-state index contributed by atoms with van der Waals surface area (Å²) < 4.78 is 0. The molecule has 2 rings (SSSR count). The molecule has 0 saturated carbocycles. The van der Waals surface area contributed by atoms with Gasteiger partial charge in [-0.15, -0.1) is 11.3 Å². The highest BCUT2D eigenvalue weighted by Crippen LogP contribution is 2.17. The average Bonchev–Trinajstić information content (AvgIpc) is 2.84. The molecule has 6 heteroatoms. The van der Waals surface area contributed by atoms with E-state index in [-0.39, 0.29) is 16.7 Å². The molecule has 1 N–H and O–H groups in total. The van der Waals surface area contributed by atoms with Crippen molar-refractivity contribution >= 4 is 17.0 Å². The van der Waals surface area contributed by atoms with Gasteiger partial charge in [-0.3, -0.25) is 10.1 Å². The molecule has 1 aromatic carbocycles. The lowest BCUT2D eigenvalue weighted by molar-refractivity contribution is -0.384. The minimum absolute atomic E-state index is 0.124. The van der Waals surface area contributed by atoms with Gasteiger partial charge in [-0.05, 0) is 19.4 Å². The van der Waals surface area contributed by atoms with Gasteiger partial charge in [-0.1, -0.05) is 12.1 Å². The topological polar surface area (TPSA) is 68.1 Å². The van der Waals surface area contributed by atoms with E-state index in [0.717, 1.165) is 29.2 Å². The number of nitro groups is 1. The van der Waals surface area contributed by atoms with Crippen LogP contribution in [0.15, 0.2) is 29.6 Å². The van der Waals surface area contributed by atoms with Crippen molar-refractivity contribution in [1.82, 2.24) is 10.3 Å². The fourth-order valence-electron chi connectivity index (χ4n) is 1.92. The Bertz CT molecular complexity index is 580. The van der Waals surface area contributed by atoms with E-state index in [0.29, 0.717) is 0 Å². The summed E-state index contributed by atoms with van der Waals surface area (Å²) in [4.78, 5) is 14.6. The SMILES string of the molecule is Cc1csc(CCNC(C)c2ccc([N+](=O)[O-])cc2)n1. The molecule has 0 radical (unpaired) electrons. The lowest BCUT2D eigenvalue weighted by atomic mass is 10.1. The molecule has 2 aromatic rings. The highest BCUT2D eigenvalue weighted by atomic mass is 32.1. The number of rotatable bonds is 6. The van der Waals surface area contributed by atoms with Gasteiger partial charge in [0, 0.05) is 42.2 Å². The largest absolute Gasteiger partial charge is 0.310 e. The zero-order valence-electron chi connectivity index (χ0n) is 11.5. The van der Waals surface area contributed by atoms with Gasteiger partial charge < -0.3 is 5.32 Å². The minimum Gasteiger partial charge on any atom is -0.310 e. The Balaban J connectivity index is 1.85. The molecule has 1 unspecified atom stereocenters. The number of nitro benzene ring substituents is 1. The van der Waals surface area contributed by atoms with E-state index in [1.54, 1.807) is 23.5 Å². The van der Waals surface area contributed by atoms with Gasteiger partial charge in [0.05, 0.1) is 9.93 Å². The van der Waals surface area contributed by atoms with Gasteiger partial charge in [0.1, 0.15) is 0 Å². The molecule has 0 aliphatic rings. The van der Waals surface area contributed by atoms with Crippen molar-refractivity contribution in [3.05, 3.63) is 56.0 Å². The average molecular weight is 291 g/mol. The first-order valence-corrected chi connectivity index (χ1v) is 7.33. The van der Waals surface area contributed by atoms with Crippen molar-refractivity contribution in [3.8, 4) is 0 Å². The number of non-ortho nitro benzene ring substituents is 1. The standard InChI is InChI=1S/C14H17N3O2S/c1-10-9-20-14(16-10)7-8-15-11(2)12-3-5-13(6-4-12)17(18)19/h3-6,9,11,15H,7-8H2,1-2H3. The van der Waals surface area contributed by atoms with Crippen molar-refractivity contribution in [2.45, 2.75) is 26.3 Å². The first-order valence-electron chi connectivity index (χ1n) is 6.45. The molecule has 20 heavy (non-hydrogen) atoms. The molecule has 1 aromatic heterocycles. The maximum absolute atomic E-state index is 10.6. The van der Waals surface area contributed by atoms with E-state index < -0.39 is 0 Å². The summed E-state index contributed by atoms with van der Waals surface area (Å²) >= 11 is 1.68. The second-order valence-electron chi connectivity index (χ2n) is 4.66. The highest BCUT2D eigenvalue weighted by molar-refractivity contribution is 7.09. The van der Waals surface area contributed by atoms with Crippen LogP contribution in [0.4, 0.5) is 5.69 Å². The fourth-order valence-corrected chi connectivity index (χ4v) is 2.69. The van der Waals surface area contributed by atoms with Gasteiger partial charge in [0.25, 0.3) is 5.69 Å². The molecule has 0 saturated heterocycles. The Kier molecular flexibility index (Phi) is 4.81. The van der Waals surface area contributed by atoms with Crippen LogP contribution in [0.5, 0.6) is 0 Å². The van der Waals surface area contributed by atoms with Crippen molar-refractivity contribution in [2.24, 2.45) is 0 Å². The normalized spacial score (nSPS) is 12.3. The van der Waals surface area contributed by atoms with E-state index in [2.05, 4.69) is 15.7 Å². The number of hydrogen-bond donors (Lipinski definition) is 1. The smallest absolute Gasteiger partial charge is 0.269 e. The number of nitrogens with zero attached hydrogens (tertiary/aromatic N) is 2. The summed E-state index contributed by atoms with van der Waals surface area (Å²) in [5.41, 5.74) is 2.23. The Morgan fingerprint density at radius 1 is 1.40 bits per heavy atom. The van der Waals surface area contributed by atoms with Crippen LogP contribution in [-0.4, -0.2) is 16.5 Å². The van der Waals surface area contributed by atoms with Crippen LogP contribution in [0, 0.1) is 17.0 Å². The van der Waals surface area contributed by atoms with Crippen LogP contribution in [-0.2, 0) is 6.42 Å². The Hall–Kier alpha value is -1.79. The van der Waals surface area contributed by atoms with E-state index in [9.17, 15) is 10.1 Å². The molecule has 0 aliphatic heterocycles. The lowest BCUT2D eigenvalue weighted by Crippen LogP contribution is -2.21. The first-order chi connectivity index (χ1) is 9.56. The summed E-state index contributed by atoms with van der Waals surface area (Å²) in [5, 5.41) is 17.2. The number of benzene rings is 1. The quantitative estimate of drug-likeness (QED) is 0.655. The van der Waals surface area contributed by atoms with Crippen LogP contribution in [0.3, 0.4) is 0 Å². The Labute approximate surface area is 121 Å². The maximum atomic E-state index is 10.6. The number of thiazole rings is 1. The van der Waals surface area contributed by atoms with Crippen molar-refractivity contribution in [2.75, 3.05) is 6.54 Å². The van der Waals surface area contributed by atoms with Gasteiger partial charge in [0.2, 0.25) is 0 Å². The summed E-state index contributed by atoms with van der Waals surface area (Å²) in [6, 6.07) is 6.83. The molecule has 0 fully saturated rings. The summed E-state index contributed by atoms with van der Waals surface area (Å²) in [6.07, 6.45) is 0.899. The first kappa shape index (κ1) is 14.6. The maximum Gasteiger partial charge on any atom is 0.269 e. The minimum atomic E-state index is -0.382. The number of nitrogens with one attached hydrogen (secondary N) is 1. The molecule has 5 nitrogen and oxygen atoms in total. The van der Waals surface area contributed by atoms with Crippen molar-refractivity contribution < 1.29 is 4.92 Å². The molecule has 1 heterocycles. The highest BCUT2D eigenvalue weighted by Gasteiger charge is 2.08. The predicted octanol–water partition coefficient (Wildman–Crippen LogP) is 3.25. The second kappa shape index (κ2) is 6.58. The van der Waals surface area contributed by atoms with Gasteiger partial charge in [0.15, 0.2) is 0 Å². The van der Waals surface area contributed by atoms with Crippen LogP contribution >= 0.6 is 11.3 Å². The molecular formula is C14H17N3O2S. The zero-order chi connectivity index (χ0) is 14.5. The van der Waals surface area contributed by atoms with E-state index in [4.69, 9.17) is 0 Å². The summed E-state index contributed by atoms with van der Waals surface area (Å²) in [6.45, 7) is 4.88. The summed E-state index contributed by atoms with van der Waals surface area (Å²) in [7, 11) is 0. The molecule has 0 amide bonds. The Morgan fingerprint density at radius 3 is 2.65 bits per heavy atom. The number of aryl methyl sites for hydroxylation is 1. The molecule has 1 atom stereocenters. The molecule has 106 valence electrons. The van der Waals surface area contributed by atoms with Crippen LogP contribution in [0.2, 0.25) is 0 Å². The third-order valence-corrected chi connectivity index (χ3v) is 4.09. The van der Waals surface area contributed by atoms with Crippen molar-refractivity contribution in [3.63, 3.8) is 0 Å². The van der Waals surface area contributed by atoms with Gasteiger partial charge in [-0.25, -0.2) is 4.98 Å². The van der Waals surface area contributed by atoms with E-state index in [1.807, 2.05) is 13.8 Å². The Morgan fingerprint density at radius 2 is 2.10 bits per heavy atom. The zero-order valence-corrected chi connectivity index (χ0v) is 12.3. The monoisotopic (exact) mass is 291 g/mol. The predicted molar refractivity (Wildman–Crippen MR) is 80.1 cm³/mol. The van der Waals surface area contributed by atoms with Crippen molar-refractivity contribution in [1.29, 1.82) is 0 Å². The molecule has 0 bridgehead atoms. The molecule has 0 aliphatic carbocycles. The van der Waals surface area contributed by atoms with E-state index >= 15 is 0 Å². The number of hydrogen-bond acceptors (Lipinski definition) is 5. The van der Waals surface area contributed by atoms with Crippen LogP contribution in [0.1, 0.15) is 29.2 Å². The van der Waals surface area contributed by atoms with Crippen LogP contribution < -0.4 is 5.32 Å². The summed E-state index contributed by atoms with van der Waals surface area (Å²) in [5.74, 6) is 0. The number of aromatic nitrogens is 1. The van der Waals surface area contributed by atoms with Gasteiger partial charge >= 0.3 is 0 Å². The molecular weight excluding hydrogens is 274 g/mol. The third kappa shape index (κ3) is 3.85. The second-order valence-corrected chi connectivity index (χ2v) is 5.60.